The van der Waals surface area contributed by atoms with Gasteiger partial charge in [0.25, 0.3) is 0 Å². The minimum absolute atomic E-state index is 0.0115. The van der Waals surface area contributed by atoms with Gasteiger partial charge in [-0.15, -0.1) is 30.9 Å². The van der Waals surface area contributed by atoms with Crippen molar-refractivity contribution in [3.63, 3.8) is 0 Å². The van der Waals surface area contributed by atoms with Gasteiger partial charge in [0.1, 0.15) is 17.6 Å². The number of hydrogen-bond acceptors (Lipinski definition) is 8. The normalized spacial score (nSPS) is 15.3. The number of nitrogens with zero attached hydrogens (tertiary/aromatic N) is 5. The van der Waals surface area contributed by atoms with Crippen molar-refractivity contribution in [2.24, 2.45) is 4.99 Å². The second-order valence-electron chi connectivity index (χ2n) is 9.74. The maximum atomic E-state index is 12.7. The summed E-state index contributed by atoms with van der Waals surface area (Å²) in [5.41, 5.74) is 5.02. The Morgan fingerprint density at radius 1 is 1.12 bits per heavy atom. The SMILES string of the molecule is CCc1ccc(C)cc1N1C(=O)CS/C1=N\C(S)NCCc1ccc(-c2ncn(-c3ccc(OC(F)(F)F)cc3)n2)cc1. The van der Waals surface area contributed by atoms with Gasteiger partial charge in [0.15, 0.2) is 11.0 Å². The Labute approximate surface area is 256 Å². The van der Waals surface area contributed by atoms with Crippen LogP contribution >= 0.6 is 24.4 Å². The first kappa shape index (κ1) is 30.6. The van der Waals surface area contributed by atoms with Crippen LogP contribution in [-0.2, 0) is 17.6 Å². The number of amidine groups is 1. The van der Waals surface area contributed by atoms with Crippen LogP contribution in [0.2, 0.25) is 0 Å². The predicted molar refractivity (Wildman–Crippen MR) is 166 cm³/mol. The quantitative estimate of drug-likeness (QED) is 0.162. The van der Waals surface area contributed by atoms with Gasteiger partial charge in [-0.1, -0.05) is 55.1 Å². The van der Waals surface area contributed by atoms with Crippen LogP contribution in [0.15, 0.2) is 78.0 Å². The molecule has 0 saturated carbocycles. The molecule has 0 aliphatic carbocycles. The molecule has 3 aromatic carbocycles. The number of thioether (sulfide) groups is 1. The molecule has 224 valence electrons. The Balaban J connectivity index is 1.16. The Bertz CT molecular complexity index is 1610. The standard InChI is InChI=1S/C30H29F3N6O2S2/c1-3-21-7-4-19(2)16-25(21)39-26(40)17-43-29(39)36-28(42)34-15-14-20-5-8-22(9-6-20)27-35-18-38(37-27)23-10-12-24(13-11-23)41-30(31,32)33/h4-13,16,18,28,34,42H,3,14-15,17H2,1-2H3/b36-29-. The second-order valence-corrected chi connectivity index (χ2v) is 11.2. The van der Waals surface area contributed by atoms with E-state index < -0.39 is 11.9 Å². The molecule has 0 bridgehead atoms. The molecule has 1 saturated heterocycles. The summed E-state index contributed by atoms with van der Waals surface area (Å²) in [4.78, 5) is 23.4. The molecule has 13 heteroatoms. The number of halogens is 3. The fourth-order valence-corrected chi connectivity index (χ4v) is 5.72. The largest absolute Gasteiger partial charge is 0.573 e. The molecular formula is C30H29F3N6O2S2. The van der Waals surface area contributed by atoms with Crippen molar-refractivity contribution in [3.05, 3.63) is 89.7 Å². The lowest BCUT2D eigenvalue weighted by atomic mass is 10.1. The van der Waals surface area contributed by atoms with E-state index in [-0.39, 0.29) is 11.7 Å². The van der Waals surface area contributed by atoms with Gasteiger partial charge in [-0.25, -0.2) is 14.7 Å². The summed E-state index contributed by atoms with van der Waals surface area (Å²) in [5.74, 6) is 0.539. The fourth-order valence-electron chi connectivity index (χ4n) is 4.51. The zero-order chi connectivity index (χ0) is 30.6. The molecule has 0 spiro atoms. The highest BCUT2D eigenvalue weighted by atomic mass is 32.2. The molecule has 1 aliphatic heterocycles. The first-order valence-corrected chi connectivity index (χ1v) is 15.0. The number of ether oxygens (including phenoxy) is 1. The first-order valence-electron chi connectivity index (χ1n) is 13.5. The molecule has 2 heterocycles. The van der Waals surface area contributed by atoms with E-state index in [1.54, 1.807) is 4.90 Å². The highest BCUT2D eigenvalue weighted by Crippen LogP contribution is 2.31. The number of thiol groups is 1. The van der Waals surface area contributed by atoms with E-state index in [0.29, 0.717) is 29.0 Å². The molecule has 8 nitrogen and oxygen atoms in total. The molecular weight excluding hydrogens is 597 g/mol. The zero-order valence-electron chi connectivity index (χ0n) is 23.4. The monoisotopic (exact) mass is 626 g/mol. The molecule has 4 aromatic rings. The van der Waals surface area contributed by atoms with E-state index in [9.17, 15) is 18.0 Å². The van der Waals surface area contributed by atoms with Crippen LogP contribution in [0.4, 0.5) is 18.9 Å². The number of benzene rings is 3. The van der Waals surface area contributed by atoms with Gasteiger partial charge in [-0.05, 0) is 66.8 Å². The van der Waals surface area contributed by atoms with Crippen LogP contribution in [0.1, 0.15) is 23.6 Å². The van der Waals surface area contributed by atoms with Crippen molar-refractivity contribution in [3.8, 4) is 22.8 Å². The lowest BCUT2D eigenvalue weighted by Crippen LogP contribution is -2.33. The van der Waals surface area contributed by atoms with E-state index in [1.807, 2.05) is 43.3 Å². The van der Waals surface area contributed by atoms with Crippen LogP contribution in [0.25, 0.3) is 17.1 Å². The molecule has 0 radical (unpaired) electrons. The Hall–Kier alpha value is -3.81. The second kappa shape index (κ2) is 13.2. The highest BCUT2D eigenvalue weighted by molar-refractivity contribution is 8.15. The average Bonchev–Trinajstić information content (AvgIpc) is 3.60. The Morgan fingerprint density at radius 2 is 1.86 bits per heavy atom. The topological polar surface area (TPSA) is 84.6 Å². The van der Waals surface area contributed by atoms with Gasteiger partial charge in [-0.3, -0.25) is 15.0 Å². The van der Waals surface area contributed by atoms with Crippen LogP contribution < -0.4 is 15.0 Å². The van der Waals surface area contributed by atoms with E-state index in [4.69, 9.17) is 0 Å². The summed E-state index contributed by atoms with van der Waals surface area (Å²) in [6.45, 7) is 4.70. The third kappa shape index (κ3) is 7.78. The molecule has 1 atom stereocenters. The number of anilines is 1. The fraction of sp³-hybridized carbons (Fsp3) is 0.267. The summed E-state index contributed by atoms with van der Waals surface area (Å²) < 4.78 is 42.6. The number of carbonyl (C=O) groups excluding carboxylic acids is 1. The molecule has 43 heavy (non-hydrogen) atoms. The molecule has 1 N–H and O–H groups in total. The summed E-state index contributed by atoms with van der Waals surface area (Å²) in [6, 6.07) is 19.3. The minimum Gasteiger partial charge on any atom is -0.406 e. The summed E-state index contributed by atoms with van der Waals surface area (Å²) in [6.07, 6.45) is -1.70. The zero-order valence-corrected chi connectivity index (χ0v) is 25.1. The molecule has 1 unspecified atom stereocenters. The maximum absolute atomic E-state index is 12.7. The maximum Gasteiger partial charge on any atom is 0.573 e. The average molecular weight is 627 g/mol. The number of amides is 1. The van der Waals surface area contributed by atoms with Crippen molar-refractivity contribution >= 4 is 41.2 Å². The van der Waals surface area contributed by atoms with Gasteiger partial charge < -0.3 is 4.74 Å². The number of nitrogens with one attached hydrogen (secondary N) is 1. The van der Waals surface area contributed by atoms with Crippen molar-refractivity contribution in [2.45, 2.75) is 38.5 Å². The minimum atomic E-state index is -4.74. The van der Waals surface area contributed by atoms with Gasteiger partial charge in [0.2, 0.25) is 5.91 Å². The van der Waals surface area contributed by atoms with E-state index in [1.165, 1.54) is 47.0 Å². The van der Waals surface area contributed by atoms with E-state index in [0.717, 1.165) is 40.8 Å². The highest BCUT2D eigenvalue weighted by Gasteiger charge is 2.32. The molecule has 1 aliphatic rings. The number of aryl methyl sites for hydroxylation is 2. The van der Waals surface area contributed by atoms with Crippen molar-refractivity contribution < 1.29 is 22.7 Å². The molecule has 5 rings (SSSR count). The number of carbonyl (C=O) groups is 1. The van der Waals surface area contributed by atoms with Gasteiger partial charge in [-0.2, -0.15) is 0 Å². The van der Waals surface area contributed by atoms with Crippen molar-refractivity contribution in [1.29, 1.82) is 0 Å². The van der Waals surface area contributed by atoms with E-state index in [2.05, 4.69) is 50.7 Å². The lowest BCUT2D eigenvalue weighted by Gasteiger charge is -2.21. The molecule has 1 aromatic heterocycles. The molecule has 1 amide bonds. The lowest BCUT2D eigenvalue weighted by molar-refractivity contribution is -0.274. The van der Waals surface area contributed by atoms with Gasteiger partial charge >= 0.3 is 6.36 Å². The molecule has 1 fully saturated rings. The smallest absolute Gasteiger partial charge is 0.406 e. The van der Waals surface area contributed by atoms with Crippen molar-refractivity contribution in [1.82, 2.24) is 20.1 Å². The Morgan fingerprint density at radius 3 is 2.56 bits per heavy atom. The predicted octanol–water partition coefficient (Wildman–Crippen LogP) is 6.19. The van der Waals surface area contributed by atoms with Gasteiger partial charge in [0.05, 0.1) is 17.1 Å². The van der Waals surface area contributed by atoms with Crippen LogP contribution in [0.5, 0.6) is 5.75 Å². The van der Waals surface area contributed by atoms with Gasteiger partial charge in [0, 0.05) is 12.1 Å². The Kier molecular flexibility index (Phi) is 9.43. The number of aromatic nitrogens is 3. The van der Waals surface area contributed by atoms with Crippen molar-refractivity contribution in [2.75, 3.05) is 17.2 Å². The number of rotatable bonds is 10. The van der Waals surface area contributed by atoms with Crippen LogP contribution in [-0.4, -0.2) is 50.0 Å². The first-order chi connectivity index (χ1) is 20.6. The third-order valence-corrected chi connectivity index (χ3v) is 7.88. The summed E-state index contributed by atoms with van der Waals surface area (Å²) >= 11 is 6.01. The number of alkyl halides is 3. The number of aliphatic imine (C=N–C) groups is 1. The summed E-state index contributed by atoms with van der Waals surface area (Å²) in [5, 5.41) is 8.38. The third-order valence-electron chi connectivity index (χ3n) is 6.64. The number of hydrogen-bond donors (Lipinski definition) is 2. The van der Waals surface area contributed by atoms with Crippen LogP contribution in [0.3, 0.4) is 0 Å². The van der Waals surface area contributed by atoms with E-state index >= 15 is 0 Å². The summed E-state index contributed by atoms with van der Waals surface area (Å²) in [7, 11) is 0. The van der Waals surface area contributed by atoms with Crippen LogP contribution in [0, 0.1) is 6.92 Å².